The summed E-state index contributed by atoms with van der Waals surface area (Å²) in [5.41, 5.74) is 10.2. The van der Waals surface area contributed by atoms with Crippen LogP contribution in [0.2, 0.25) is 0 Å². The number of aryl methyl sites for hydroxylation is 1. The number of sulfone groups is 1. The molecule has 4 aliphatic rings. The molecule has 1 unspecified atom stereocenters. The van der Waals surface area contributed by atoms with E-state index in [1.807, 2.05) is 29.3 Å². The van der Waals surface area contributed by atoms with E-state index in [-0.39, 0.29) is 28.6 Å². The lowest BCUT2D eigenvalue weighted by Gasteiger charge is -2.40. The summed E-state index contributed by atoms with van der Waals surface area (Å²) < 4.78 is 53.1. The number of hydrazine groups is 2. The molecule has 3 atom stereocenters. The number of aliphatic imine (C=N–C) groups is 1. The molecule has 2 aliphatic carbocycles. The number of nitrogens with zero attached hydrogens (tertiary/aromatic N) is 4. The molecule has 0 saturated heterocycles. The number of anilines is 1. The highest BCUT2D eigenvalue weighted by Crippen LogP contribution is 2.62. The zero-order valence-corrected chi connectivity index (χ0v) is 23.2. The van der Waals surface area contributed by atoms with E-state index in [0.29, 0.717) is 36.0 Å². The summed E-state index contributed by atoms with van der Waals surface area (Å²) in [4.78, 5) is 9.52. The Morgan fingerprint density at radius 3 is 2.74 bits per heavy atom. The van der Waals surface area contributed by atoms with Gasteiger partial charge in [0, 0.05) is 25.4 Å². The van der Waals surface area contributed by atoms with E-state index in [1.54, 1.807) is 19.0 Å². The number of hydrogen-bond donors (Lipinski definition) is 2. The van der Waals surface area contributed by atoms with Gasteiger partial charge in [-0.25, -0.2) is 32.2 Å². The van der Waals surface area contributed by atoms with Crippen molar-refractivity contribution in [1.82, 2.24) is 20.8 Å². The van der Waals surface area contributed by atoms with E-state index in [2.05, 4.69) is 22.8 Å². The minimum atomic E-state index is -3.09. The van der Waals surface area contributed by atoms with Gasteiger partial charge in [-0.3, -0.25) is 10.4 Å². The maximum absolute atomic E-state index is 15.1. The maximum atomic E-state index is 15.1. The predicted octanol–water partition coefficient (Wildman–Crippen LogP) is 3.83. The molecule has 11 heteroatoms. The van der Waals surface area contributed by atoms with Gasteiger partial charge < -0.3 is 5.43 Å². The first-order valence-corrected chi connectivity index (χ1v) is 15.2. The molecule has 2 aliphatic heterocycles. The third kappa shape index (κ3) is 4.09. The molecule has 1 aromatic carbocycles. The first-order valence-electron chi connectivity index (χ1n) is 13.1. The fraction of sp³-hybridized carbons (Fsp3) is 0.429. The Labute approximate surface area is 227 Å². The number of fused-ring (bicyclic) bond motifs is 4. The molecule has 3 heterocycles. The summed E-state index contributed by atoms with van der Waals surface area (Å²) in [6.07, 6.45) is 5.35. The van der Waals surface area contributed by atoms with Gasteiger partial charge in [0.1, 0.15) is 39.8 Å². The van der Waals surface area contributed by atoms with Gasteiger partial charge in [-0.1, -0.05) is 19.1 Å². The number of nitrogens with one attached hydrogen (secondary N) is 2. The van der Waals surface area contributed by atoms with E-state index in [4.69, 9.17) is 4.98 Å². The number of pyridine rings is 1. The van der Waals surface area contributed by atoms with Crippen LogP contribution in [0.15, 0.2) is 52.7 Å². The quantitative estimate of drug-likeness (QED) is 0.561. The van der Waals surface area contributed by atoms with Crippen LogP contribution in [0.25, 0.3) is 5.70 Å². The van der Waals surface area contributed by atoms with Crippen LogP contribution < -0.4 is 15.9 Å². The monoisotopic (exact) mass is 554 g/mol. The molecule has 2 aromatic rings. The Bertz CT molecular complexity index is 1570. The molecule has 2 N–H and O–H groups in total. The predicted molar refractivity (Wildman–Crippen MR) is 147 cm³/mol. The summed E-state index contributed by atoms with van der Waals surface area (Å²) in [5.74, 6) is 0.706. The van der Waals surface area contributed by atoms with Crippen molar-refractivity contribution in [2.75, 3.05) is 30.7 Å². The lowest BCUT2D eigenvalue weighted by Crippen LogP contribution is -2.45. The van der Waals surface area contributed by atoms with Gasteiger partial charge in [0.25, 0.3) is 0 Å². The summed E-state index contributed by atoms with van der Waals surface area (Å²) in [6, 6.07) is 8.70. The van der Waals surface area contributed by atoms with Gasteiger partial charge in [-0.15, -0.1) is 0 Å². The molecule has 6 rings (SSSR count). The van der Waals surface area contributed by atoms with Crippen molar-refractivity contribution in [2.24, 2.45) is 16.8 Å². The zero-order chi connectivity index (χ0) is 27.7. The van der Waals surface area contributed by atoms with Crippen LogP contribution in [0.4, 0.5) is 14.6 Å². The van der Waals surface area contributed by atoms with Gasteiger partial charge in [0.2, 0.25) is 0 Å². The van der Waals surface area contributed by atoms with Crippen LogP contribution in [0, 0.1) is 30.4 Å². The number of hydrogen-bond acceptors (Lipinski definition) is 8. The zero-order valence-electron chi connectivity index (χ0n) is 22.4. The van der Waals surface area contributed by atoms with Crippen molar-refractivity contribution in [2.45, 2.75) is 38.5 Å². The molecule has 8 nitrogen and oxygen atoms in total. The van der Waals surface area contributed by atoms with E-state index in [0.717, 1.165) is 29.8 Å². The highest BCUT2D eigenvalue weighted by Gasteiger charge is 2.59. The van der Waals surface area contributed by atoms with Crippen LogP contribution in [0.1, 0.15) is 43.0 Å². The maximum Gasteiger partial charge on any atom is 0.149 e. The summed E-state index contributed by atoms with van der Waals surface area (Å²) in [5, 5.41) is 3.53. The minimum Gasteiger partial charge on any atom is -0.301 e. The highest BCUT2D eigenvalue weighted by atomic mass is 32.2. The van der Waals surface area contributed by atoms with E-state index >= 15 is 4.39 Å². The average molecular weight is 555 g/mol. The number of aromatic nitrogens is 1. The second-order valence-corrected chi connectivity index (χ2v) is 13.3. The number of allylic oxidation sites excluding steroid dienone is 3. The standard InChI is InChI=1S/C28H32F2N6O2S/c1-16-8-9-20(29)25(26(16)30)21-14-19-18-10-12-28(17(18)2,27(19)34-35(21)3)22-6-5-7-24(32-22)36-15-31-23(33-36)11-13-39(4,37)38/h5-9,14,17-18,34H,10-13,15H2,1-4H3,(H,31,33)/t17?,18-,28+/m1/s1. The average Bonchev–Trinajstić information content (AvgIpc) is 3.57. The molecule has 2 bridgehead atoms. The number of benzene rings is 1. The fourth-order valence-electron chi connectivity index (χ4n) is 6.61. The first kappa shape index (κ1) is 25.8. The lowest BCUT2D eigenvalue weighted by atomic mass is 9.75. The van der Waals surface area contributed by atoms with Gasteiger partial charge >= 0.3 is 0 Å². The summed E-state index contributed by atoms with van der Waals surface area (Å²) in [7, 11) is -1.30. The van der Waals surface area contributed by atoms with Gasteiger partial charge in [-0.2, -0.15) is 0 Å². The summed E-state index contributed by atoms with van der Waals surface area (Å²) in [6.45, 7) is 4.21. The molecule has 1 saturated carbocycles. The van der Waals surface area contributed by atoms with Gasteiger partial charge in [0.05, 0.1) is 28.1 Å². The van der Waals surface area contributed by atoms with Crippen molar-refractivity contribution in [3.63, 3.8) is 0 Å². The molecule has 0 spiro atoms. The van der Waals surface area contributed by atoms with Crippen molar-refractivity contribution in [3.8, 4) is 0 Å². The van der Waals surface area contributed by atoms with Crippen molar-refractivity contribution in [3.05, 3.63) is 76.1 Å². The normalized spacial score (nSPS) is 25.9. The van der Waals surface area contributed by atoms with Crippen LogP contribution in [-0.4, -0.2) is 50.0 Å². The molecule has 1 fully saturated rings. The number of rotatable bonds is 6. The second kappa shape index (κ2) is 9.04. The Balaban J connectivity index is 1.34. The molecule has 0 radical (unpaired) electrons. The Hall–Kier alpha value is -3.47. The number of amidine groups is 1. The van der Waals surface area contributed by atoms with Crippen molar-refractivity contribution >= 4 is 27.2 Å². The minimum absolute atomic E-state index is 0.0204. The molecule has 0 amide bonds. The second-order valence-electron chi connectivity index (χ2n) is 11.0. The van der Waals surface area contributed by atoms with Crippen LogP contribution in [-0.2, 0) is 15.3 Å². The summed E-state index contributed by atoms with van der Waals surface area (Å²) >= 11 is 0. The third-order valence-corrected chi connectivity index (χ3v) is 9.63. The molecule has 1 aromatic heterocycles. The topological polar surface area (TPSA) is 89.9 Å². The Kier molecular flexibility index (Phi) is 5.98. The van der Waals surface area contributed by atoms with E-state index in [9.17, 15) is 12.8 Å². The van der Waals surface area contributed by atoms with Gasteiger partial charge in [-0.05, 0) is 67.0 Å². The van der Waals surface area contributed by atoms with Crippen molar-refractivity contribution in [1.29, 1.82) is 0 Å². The van der Waals surface area contributed by atoms with Crippen LogP contribution in [0.5, 0.6) is 0 Å². The Morgan fingerprint density at radius 2 is 1.97 bits per heavy atom. The van der Waals surface area contributed by atoms with E-state index < -0.39 is 21.5 Å². The molecular weight excluding hydrogens is 522 g/mol. The molecule has 206 valence electrons. The smallest absolute Gasteiger partial charge is 0.149 e. The van der Waals surface area contributed by atoms with Crippen molar-refractivity contribution < 1.29 is 17.2 Å². The Morgan fingerprint density at radius 1 is 1.18 bits per heavy atom. The molecular formula is C28H32F2N6O2S. The lowest BCUT2D eigenvalue weighted by molar-refractivity contribution is 0.305. The largest absolute Gasteiger partial charge is 0.301 e. The third-order valence-electron chi connectivity index (χ3n) is 8.68. The fourth-order valence-corrected chi connectivity index (χ4v) is 7.18. The van der Waals surface area contributed by atoms with Gasteiger partial charge in [0.15, 0.2) is 0 Å². The SMILES string of the molecule is Cc1ccc(F)c(C2=CC3=C(NN2C)[C@@]2(c4cccc(N5CN=C(CCS(C)(=O)=O)N5)n4)CC[C@@H]3C2C)c1F. The van der Waals surface area contributed by atoms with Crippen LogP contribution >= 0.6 is 0 Å². The molecule has 39 heavy (non-hydrogen) atoms. The first-order chi connectivity index (χ1) is 18.5. The highest BCUT2D eigenvalue weighted by molar-refractivity contribution is 7.90. The van der Waals surface area contributed by atoms with Crippen LogP contribution in [0.3, 0.4) is 0 Å². The number of halogens is 2. The van der Waals surface area contributed by atoms with E-state index in [1.165, 1.54) is 18.4 Å².